The molecule has 0 aromatic rings. The first-order valence-electron chi connectivity index (χ1n) is 7.63. The molecule has 5 nitrogen and oxygen atoms in total. The van der Waals surface area contributed by atoms with E-state index in [0.29, 0.717) is 17.4 Å². The van der Waals surface area contributed by atoms with E-state index in [1.54, 1.807) is 4.90 Å². The molecule has 0 bridgehead atoms. The lowest BCUT2D eigenvalue weighted by Crippen LogP contribution is -2.48. The smallest absolute Gasteiger partial charge is 0.335 e. The molecule has 3 amide bonds. The molecule has 2 unspecified atom stereocenters. The topological polar surface area (TPSA) is 52.7 Å². The maximum atomic E-state index is 12.2. The van der Waals surface area contributed by atoms with Gasteiger partial charge in [-0.3, -0.25) is 4.79 Å². The second kappa shape index (κ2) is 6.75. The van der Waals surface area contributed by atoms with Crippen LogP contribution in [0, 0.1) is 5.92 Å². The van der Waals surface area contributed by atoms with Crippen LogP contribution in [0.3, 0.4) is 0 Å². The summed E-state index contributed by atoms with van der Waals surface area (Å²) in [4.78, 5) is 26.1. The van der Waals surface area contributed by atoms with Gasteiger partial charge >= 0.3 is 12.2 Å². The van der Waals surface area contributed by atoms with Gasteiger partial charge in [-0.1, -0.05) is 12.8 Å². The highest BCUT2D eigenvalue weighted by Gasteiger charge is 2.38. The second-order valence-corrected chi connectivity index (χ2v) is 6.12. The third-order valence-corrected chi connectivity index (χ3v) is 4.50. The van der Waals surface area contributed by atoms with Gasteiger partial charge in [-0.2, -0.15) is 13.2 Å². The van der Waals surface area contributed by atoms with Crippen molar-refractivity contribution in [3.05, 3.63) is 0 Å². The summed E-state index contributed by atoms with van der Waals surface area (Å²) in [6, 6.07) is -0.125. The van der Waals surface area contributed by atoms with Crippen LogP contribution in [-0.4, -0.2) is 60.6 Å². The molecule has 0 radical (unpaired) electrons. The Kier molecular flexibility index (Phi) is 5.18. The van der Waals surface area contributed by atoms with Crippen molar-refractivity contribution >= 4 is 11.9 Å². The summed E-state index contributed by atoms with van der Waals surface area (Å²) in [7, 11) is 1.08. The van der Waals surface area contributed by atoms with Crippen molar-refractivity contribution in [3.63, 3.8) is 0 Å². The monoisotopic (exact) mass is 321 g/mol. The van der Waals surface area contributed by atoms with Crippen molar-refractivity contribution in [2.24, 2.45) is 5.92 Å². The van der Waals surface area contributed by atoms with E-state index in [-0.39, 0.29) is 12.1 Å². The highest BCUT2D eigenvalue weighted by molar-refractivity contribution is 5.84. The van der Waals surface area contributed by atoms with Gasteiger partial charge in [-0.15, -0.1) is 0 Å². The first kappa shape index (κ1) is 16.9. The standard InChI is InChI=1S/C14H22F3N3O2/c1-19(9-14(15,16)17)12(21)8-18-13(22)20-7-6-10-4-2-3-5-11(10)20/h10-11H,2-9H2,1H3,(H,18,22). The number of hydrogen-bond acceptors (Lipinski definition) is 2. The van der Waals surface area contributed by atoms with E-state index in [1.807, 2.05) is 0 Å². The van der Waals surface area contributed by atoms with Crippen LogP contribution < -0.4 is 5.32 Å². The first-order chi connectivity index (χ1) is 10.3. The fraction of sp³-hybridized carbons (Fsp3) is 0.857. The molecule has 2 fully saturated rings. The van der Waals surface area contributed by atoms with Crippen LogP contribution in [0.2, 0.25) is 0 Å². The Hall–Kier alpha value is -1.47. The molecule has 2 rings (SSSR count). The predicted molar refractivity (Wildman–Crippen MR) is 74.2 cm³/mol. The van der Waals surface area contributed by atoms with Gasteiger partial charge in [0.25, 0.3) is 0 Å². The summed E-state index contributed by atoms with van der Waals surface area (Å²) in [5.41, 5.74) is 0. The lowest BCUT2D eigenvalue weighted by molar-refractivity contribution is -0.157. The van der Waals surface area contributed by atoms with Gasteiger partial charge in [-0.05, 0) is 25.2 Å². The fourth-order valence-corrected chi connectivity index (χ4v) is 3.40. The number of nitrogens with one attached hydrogen (secondary N) is 1. The molecule has 1 saturated carbocycles. The van der Waals surface area contributed by atoms with Gasteiger partial charge < -0.3 is 15.1 Å². The number of carbonyl (C=O) groups is 2. The van der Waals surface area contributed by atoms with Crippen molar-refractivity contribution in [3.8, 4) is 0 Å². The lowest BCUT2D eigenvalue weighted by atomic mass is 9.85. The first-order valence-corrected chi connectivity index (χ1v) is 7.63. The van der Waals surface area contributed by atoms with E-state index in [0.717, 1.165) is 32.7 Å². The van der Waals surface area contributed by atoms with Gasteiger partial charge in [0.1, 0.15) is 6.54 Å². The number of nitrogens with zero attached hydrogens (tertiary/aromatic N) is 2. The van der Waals surface area contributed by atoms with Gasteiger partial charge in [0, 0.05) is 19.6 Å². The maximum Gasteiger partial charge on any atom is 0.406 e. The Bertz CT molecular complexity index is 428. The van der Waals surface area contributed by atoms with E-state index in [2.05, 4.69) is 5.32 Å². The molecule has 1 aliphatic heterocycles. The highest BCUT2D eigenvalue weighted by Crippen LogP contribution is 2.35. The molecule has 0 aromatic carbocycles. The number of urea groups is 1. The second-order valence-electron chi connectivity index (χ2n) is 6.12. The third kappa shape index (κ3) is 4.27. The van der Waals surface area contributed by atoms with Crippen molar-refractivity contribution in [1.29, 1.82) is 0 Å². The van der Waals surface area contributed by atoms with Crippen molar-refractivity contribution in [2.45, 2.75) is 44.3 Å². The molecule has 1 heterocycles. The van der Waals surface area contributed by atoms with Crippen molar-refractivity contribution in [1.82, 2.24) is 15.1 Å². The number of hydrogen-bond donors (Lipinski definition) is 1. The average molecular weight is 321 g/mol. The Morgan fingerprint density at radius 2 is 1.91 bits per heavy atom. The molecule has 0 aromatic heterocycles. The van der Waals surface area contributed by atoms with Crippen LogP contribution in [0.5, 0.6) is 0 Å². The molecule has 8 heteroatoms. The average Bonchev–Trinajstić information content (AvgIpc) is 2.86. The fourth-order valence-electron chi connectivity index (χ4n) is 3.40. The minimum absolute atomic E-state index is 0.219. The summed E-state index contributed by atoms with van der Waals surface area (Å²) < 4.78 is 36.6. The lowest BCUT2D eigenvalue weighted by Gasteiger charge is -2.31. The number of alkyl halides is 3. The molecular formula is C14H22F3N3O2. The minimum Gasteiger partial charge on any atom is -0.335 e. The third-order valence-electron chi connectivity index (χ3n) is 4.50. The van der Waals surface area contributed by atoms with Crippen LogP contribution in [0.1, 0.15) is 32.1 Å². The number of amides is 3. The van der Waals surface area contributed by atoms with Gasteiger partial charge in [-0.25, -0.2) is 4.79 Å². The molecule has 126 valence electrons. The molecule has 0 spiro atoms. The van der Waals surface area contributed by atoms with Gasteiger partial charge in [0.15, 0.2) is 0 Å². The number of likely N-dealkylation sites (tertiary alicyclic amines) is 1. The van der Waals surface area contributed by atoms with Gasteiger partial charge in [0.05, 0.1) is 6.54 Å². The van der Waals surface area contributed by atoms with Gasteiger partial charge in [0.2, 0.25) is 5.91 Å². The highest BCUT2D eigenvalue weighted by atomic mass is 19.4. The predicted octanol–water partition coefficient (Wildman–Crippen LogP) is 1.98. The molecular weight excluding hydrogens is 299 g/mol. The Balaban J connectivity index is 1.79. The van der Waals surface area contributed by atoms with Crippen LogP contribution in [0.15, 0.2) is 0 Å². The van der Waals surface area contributed by atoms with Crippen molar-refractivity contribution in [2.75, 3.05) is 26.7 Å². The molecule has 2 atom stereocenters. The summed E-state index contributed by atoms with van der Waals surface area (Å²) in [6.45, 7) is -1.05. The number of halogens is 3. The SMILES string of the molecule is CN(CC(F)(F)F)C(=O)CNC(=O)N1CCC2CCCCC21. The van der Waals surface area contributed by atoms with Crippen LogP contribution in [0.4, 0.5) is 18.0 Å². The van der Waals surface area contributed by atoms with Crippen LogP contribution in [-0.2, 0) is 4.79 Å². The quantitative estimate of drug-likeness (QED) is 0.864. The summed E-state index contributed by atoms with van der Waals surface area (Å²) >= 11 is 0. The molecule has 2 aliphatic rings. The zero-order chi connectivity index (χ0) is 16.3. The van der Waals surface area contributed by atoms with Crippen LogP contribution >= 0.6 is 0 Å². The molecule has 1 saturated heterocycles. The summed E-state index contributed by atoms with van der Waals surface area (Å²) in [5, 5.41) is 2.45. The molecule has 22 heavy (non-hydrogen) atoms. The van der Waals surface area contributed by atoms with E-state index in [1.165, 1.54) is 6.42 Å². The Labute approximate surface area is 127 Å². The minimum atomic E-state index is -4.43. The Morgan fingerprint density at radius 3 is 2.59 bits per heavy atom. The Morgan fingerprint density at radius 1 is 1.23 bits per heavy atom. The summed E-state index contributed by atoms with van der Waals surface area (Å²) in [5.74, 6) is -0.215. The normalized spacial score (nSPS) is 24.8. The van der Waals surface area contributed by atoms with E-state index in [4.69, 9.17) is 0 Å². The zero-order valence-corrected chi connectivity index (χ0v) is 12.7. The number of carbonyl (C=O) groups excluding carboxylic acids is 2. The van der Waals surface area contributed by atoms with E-state index in [9.17, 15) is 22.8 Å². The zero-order valence-electron chi connectivity index (χ0n) is 12.7. The number of fused-ring (bicyclic) bond motifs is 1. The van der Waals surface area contributed by atoms with E-state index < -0.39 is 25.2 Å². The summed E-state index contributed by atoms with van der Waals surface area (Å²) in [6.07, 6.45) is 0.927. The largest absolute Gasteiger partial charge is 0.406 e. The van der Waals surface area contributed by atoms with E-state index >= 15 is 0 Å². The van der Waals surface area contributed by atoms with Crippen molar-refractivity contribution < 1.29 is 22.8 Å². The maximum absolute atomic E-state index is 12.2. The number of rotatable bonds is 3. The van der Waals surface area contributed by atoms with Crippen LogP contribution in [0.25, 0.3) is 0 Å². The molecule has 1 aliphatic carbocycles. The molecule has 1 N–H and O–H groups in total. The number of likely N-dealkylation sites (N-methyl/N-ethyl adjacent to an activating group) is 1.